The van der Waals surface area contributed by atoms with E-state index in [1.165, 1.54) is 6.26 Å². The molecule has 0 saturated heterocycles. The molecule has 0 bridgehead atoms. The van der Waals surface area contributed by atoms with Crippen LogP contribution in [0.3, 0.4) is 0 Å². The molecule has 0 unspecified atom stereocenters. The topological polar surface area (TPSA) is 9.23 Å². The Morgan fingerprint density at radius 3 is 2.67 bits per heavy atom. The van der Waals surface area contributed by atoms with Gasteiger partial charge in [-0.05, 0) is 6.08 Å². The third-order valence-electron chi connectivity index (χ3n) is 0.237. The van der Waals surface area contributed by atoms with E-state index in [0.29, 0.717) is 5.88 Å². The first-order chi connectivity index (χ1) is 2.91. The normalized spacial score (nSPS) is 9.67. The molecule has 0 aromatic heterocycles. The van der Waals surface area contributed by atoms with E-state index in [0.717, 1.165) is 0 Å². The van der Waals surface area contributed by atoms with Crippen LogP contribution in [0.1, 0.15) is 0 Å². The predicted molar refractivity (Wildman–Crippen MR) is 29.9 cm³/mol. The number of allylic oxidation sites excluding steroid dienone is 1. The van der Waals surface area contributed by atoms with Gasteiger partial charge in [0.15, 0.2) is 16.3 Å². The SMILES string of the molecule is ClCC=COBr. The first-order valence-corrected chi connectivity index (χ1v) is 2.58. The molecule has 0 aliphatic carbocycles. The van der Waals surface area contributed by atoms with Crippen molar-refractivity contribution < 1.29 is 3.83 Å². The minimum Gasteiger partial charge on any atom is -0.426 e. The quantitative estimate of drug-likeness (QED) is 0.456. The minimum atomic E-state index is 0.492. The average molecular weight is 171 g/mol. The standard InChI is InChI=1S/C3H4BrClO/c4-6-3-1-2-5/h1,3H,2H2. The second-order valence-corrected chi connectivity index (χ2v) is 1.30. The Hall–Kier alpha value is 0.310. The van der Waals surface area contributed by atoms with Gasteiger partial charge in [-0.15, -0.1) is 11.6 Å². The van der Waals surface area contributed by atoms with Crippen LogP contribution in [0.2, 0.25) is 0 Å². The summed E-state index contributed by atoms with van der Waals surface area (Å²) in [6.45, 7) is 0. The van der Waals surface area contributed by atoms with E-state index in [2.05, 4.69) is 20.1 Å². The lowest BCUT2D eigenvalue weighted by Crippen LogP contribution is -1.56. The van der Waals surface area contributed by atoms with Crippen LogP contribution in [-0.2, 0) is 3.83 Å². The lowest BCUT2D eigenvalue weighted by molar-refractivity contribution is 0.596. The van der Waals surface area contributed by atoms with E-state index in [1.807, 2.05) is 0 Å². The highest BCUT2D eigenvalue weighted by Gasteiger charge is 1.62. The van der Waals surface area contributed by atoms with Crippen molar-refractivity contribution in [3.8, 4) is 0 Å². The van der Waals surface area contributed by atoms with Gasteiger partial charge in [0.2, 0.25) is 0 Å². The summed E-state index contributed by atoms with van der Waals surface area (Å²) in [5.41, 5.74) is 0. The van der Waals surface area contributed by atoms with E-state index in [1.54, 1.807) is 6.08 Å². The largest absolute Gasteiger partial charge is 0.426 e. The minimum absolute atomic E-state index is 0.492. The zero-order valence-corrected chi connectivity index (χ0v) is 5.37. The predicted octanol–water partition coefficient (Wildman–Crippen LogP) is 2.07. The van der Waals surface area contributed by atoms with E-state index >= 15 is 0 Å². The van der Waals surface area contributed by atoms with E-state index in [9.17, 15) is 0 Å². The zero-order chi connectivity index (χ0) is 4.83. The van der Waals surface area contributed by atoms with Crippen LogP contribution in [0.15, 0.2) is 12.3 Å². The summed E-state index contributed by atoms with van der Waals surface area (Å²) in [5, 5.41) is 0. The molecule has 0 atom stereocenters. The lowest BCUT2D eigenvalue weighted by Gasteiger charge is -1.74. The summed E-state index contributed by atoms with van der Waals surface area (Å²) in [4.78, 5) is 0. The van der Waals surface area contributed by atoms with Crippen molar-refractivity contribution in [3.63, 3.8) is 0 Å². The molecule has 6 heavy (non-hydrogen) atoms. The van der Waals surface area contributed by atoms with Crippen LogP contribution in [0.25, 0.3) is 0 Å². The maximum atomic E-state index is 5.19. The Bertz CT molecular complexity index is 40.1. The number of halogens is 2. The molecule has 0 fully saturated rings. The molecule has 0 aliphatic heterocycles. The molecule has 1 nitrogen and oxygen atoms in total. The summed E-state index contributed by atoms with van der Waals surface area (Å²) < 4.78 is 4.33. The van der Waals surface area contributed by atoms with Gasteiger partial charge in [0.05, 0.1) is 6.26 Å². The van der Waals surface area contributed by atoms with Crippen LogP contribution >= 0.6 is 27.9 Å². The molecule has 3 heteroatoms. The molecule has 0 aliphatic rings. The van der Waals surface area contributed by atoms with Crippen LogP contribution in [0.5, 0.6) is 0 Å². The lowest BCUT2D eigenvalue weighted by atomic mass is 10.7. The maximum absolute atomic E-state index is 5.19. The summed E-state index contributed by atoms with van der Waals surface area (Å²) in [6, 6.07) is 0. The molecular formula is C3H4BrClO. The fourth-order valence-corrected chi connectivity index (χ4v) is 0.298. The van der Waals surface area contributed by atoms with Crippen molar-refractivity contribution in [1.29, 1.82) is 0 Å². The third kappa shape index (κ3) is 4.31. The van der Waals surface area contributed by atoms with E-state index in [4.69, 9.17) is 11.6 Å². The molecule has 0 N–H and O–H groups in total. The molecule has 36 valence electrons. The first-order valence-electron chi connectivity index (χ1n) is 1.40. The number of alkyl halides is 1. The Morgan fingerprint density at radius 2 is 2.50 bits per heavy atom. The van der Waals surface area contributed by atoms with Gasteiger partial charge < -0.3 is 3.83 Å². The number of hydrogen-bond acceptors (Lipinski definition) is 1. The van der Waals surface area contributed by atoms with Crippen molar-refractivity contribution in [2.45, 2.75) is 0 Å². The molecule has 0 radical (unpaired) electrons. The van der Waals surface area contributed by atoms with Gasteiger partial charge in [-0.2, -0.15) is 0 Å². The van der Waals surface area contributed by atoms with Crippen molar-refractivity contribution in [2.24, 2.45) is 0 Å². The van der Waals surface area contributed by atoms with Gasteiger partial charge in [0, 0.05) is 5.88 Å². The Morgan fingerprint density at radius 1 is 1.83 bits per heavy atom. The summed E-state index contributed by atoms with van der Waals surface area (Å²) in [5.74, 6) is 0.492. The highest BCUT2D eigenvalue weighted by atomic mass is 79.9. The number of rotatable bonds is 2. The van der Waals surface area contributed by atoms with Gasteiger partial charge >= 0.3 is 0 Å². The van der Waals surface area contributed by atoms with Crippen LogP contribution in [0.4, 0.5) is 0 Å². The molecule has 0 amide bonds. The first kappa shape index (κ1) is 6.31. The highest BCUT2D eigenvalue weighted by Crippen LogP contribution is 1.85. The van der Waals surface area contributed by atoms with Crippen molar-refractivity contribution in [2.75, 3.05) is 5.88 Å². The molecule has 0 aromatic carbocycles. The molecular weight excluding hydrogens is 167 g/mol. The van der Waals surface area contributed by atoms with Crippen LogP contribution in [-0.4, -0.2) is 5.88 Å². The molecule has 0 aromatic rings. The fourth-order valence-electron chi connectivity index (χ4n) is 0.0727. The van der Waals surface area contributed by atoms with E-state index < -0.39 is 0 Å². The molecule has 0 saturated carbocycles. The Labute approximate surface area is 50.4 Å². The monoisotopic (exact) mass is 170 g/mol. The third-order valence-corrected chi connectivity index (χ3v) is 0.631. The second kappa shape index (κ2) is 5.31. The summed E-state index contributed by atoms with van der Waals surface area (Å²) >= 11 is 7.90. The van der Waals surface area contributed by atoms with Crippen molar-refractivity contribution in [3.05, 3.63) is 12.3 Å². The maximum Gasteiger partial charge on any atom is 0.178 e. The molecule has 0 heterocycles. The van der Waals surface area contributed by atoms with Gasteiger partial charge in [-0.1, -0.05) is 0 Å². The average Bonchev–Trinajstić information content (AvgIpc) is 1.61. The number of hydrogen-bond donors (Lipinski definition) is 0. The van der Waals surface area contributed by atoms with Crippen LogP contribution in [0, 0.1) is 0 Å². The van der Waals surface area contributed by atoms with E-state index in [-0.39, 0.29) is 0 Å². The fraction of sp³-hybridized carbons (Fsp3) is 0.333. The van der Waals surface area contributed by atoms with Crippen molar-refractivity contribution >= 4 is 27.9 Å². The highest BCUT2D eigenvalue weighted by molar-refractivity contribution is 9.06. The van der Waals surface area contributed by atoms with Gasteiger partial charge in [0.25, 0.3) is 0 Å². The molecule has 0 rings (SSSR count). The van der Waals surface area contributed by atoms with Gasteiger partial charge in [-0.3, -0.25) is 0 Å². The smallest absolute Gasteiger partial charge is 0.178 e. The Kier molecular flexibility index (Phi) is 5.58. The summed E-state index contributed by atoms with van der Waals surface area (Å²) in [7, 11) is 0. The van der Waals surface area contributed by atoms with Crippen molar-refractivity contribution in [1.82, 2.24) is 0 Å². The molecule has 0 spiro atoms. The zero-order valence-electron chi connectivity index (χ0n) is 3.03. The van der Waals surface area contributed by atoms with Gasteiger partial charge in [-0.25, -0.2) is 0 Å². The van der Waals surface area contributed by atoms with Gasteiger partial charge in [0.1, 0.15) is 0 Å². The second-order valence-electron chi connectivity index (χ2n) is 0.615. The summed E-state index contributed by atoms with van der Waals surface area (Å²) in [6.07, 6.45) is 3.14. The van der Waals surface area contributed by atoms with Crippen LogP contribution < -0.4 is 0 Å². The Balaban J connectivity index is 2.73.